The molecule has 0 bridgehead atoms. The van der Waals surface area contributed by atoms with Gasteiger partial charge in [-0.25, -0.2) is 28.1 Å². The SMILES string of the molecule is CCN1CCN(c2cccc(Nc3ncc(F)c(-n4cc(C(N)=O)c5cc(O)ccc54)n3)c2)CC1.CCN1CCN(c2cccc(Nc3ncc(F)c(-n4cc(C(N)=O)c5cc(OCCOC)ccc54)n3)c2)CC1.CCN1CCN(c2cccc(Nc3ncc(F)c(-n4cc(C(N)=O)c5cc(OCCOC)ccc54)n3)c2)CC1.COCCBr. The zero-order valence-electron chi connectivity index (χ0n) is 66.6. The number of methoxy groups -OCH3 is 3. The van der Waals surface area contributed by atoms with E-state index in [1.807, 2.05) is 54.6 Å². The molecule has 620 valence electrons. The number of amides is 3. The number of primary amides is 3. The topological polar surface area (TPSA) is 343 Å². The lowest BCUT2D eigenvalue weighted by atomic mass is 10.1. The van der Waals surface area contributed by atoms with Crippen molar-refractivity contribution in [3.05, 3.63) is 199 Å². The number of phenolic OH excluding ortho intramolecular Hbond substituents is 1. The van der Waals surface area contributed by atoms with Gasteiger partial charge in [0, 0.05) is 174 Å². The highest BCUT2D eigenvalue weighted by Gasteiger charge is 2.26. The molecule has 0 radical (unpaired) electrons. The Balaban J connectivity index is 0.000000158. The number of anilines is 9. The van der Waals surface area contributed by atoms with Gasteiger partial charge in [0.05, 0.1) is 71.7 Å². The van der Waals surface area contributed by atoms with Crippen molar-refractivity contribution in [3.63, 3.8) is 0 Å². The predicted octanol–water partition coefficient (Wildman–Crippen LogP) is 11.4. The van der Waals surface area contributed by atoms with Gasteiger partial charge < -0.3 is 91.3 Å². The number of nitrogens with zero attached hydrogens (tertiary/aromatic N) is 15. The Bertz CT molecular complexity index is 5220. The van der Waals surface area contributed by atoms with Gasteiger partial charge >= 0.3 is 0 Å². The van der Waals surface area contributed by atoms with Crippen LogP contribution in [0.1, 0.15) is 51.8 Å². The molecule has 3 aliphatic rings. The molecule has 6 aromatic heterocycles. The lowest BCUT2D eigenvalue weighted by Crippen LogP contribution is -2.46. The summed E-state index contributed by atoms with van der Waals surface area (Å²) in [6, 6.07) is 38.7. The van der Waals surface area contributed by atoms with Crippen LogP contribution in [-0.4, -0.2) is 239 Å². The van der Waals surface area contributed by atoms with Crippen molar-refractivity contribution in [1.29, 1.82) is 0 Å². The molecule has 10 N–H and O–H groups in total. The van der Waals surface area contributed by atoms with Gasteiger partial charge in [-0.3, -0.25) is 28.1 Å². The highest BCUT2D eigenvalue weighted by Crippen LogP contribution is 2.35. The number of halogens is 4. The van der Waals surface area contributed by atoms with Crippen LogP contribution in [0.2, 0.25) is 0 Å². The monoisotopic (exact) mass is 1680 g/mol. The lowest BCUT2D eigenvalue weighted by Gasteiger charge is -2.35. The third-order valence-corrected chi connectivity index (χ3v) is 20.6. The number of hydrogen-bond acceptors (Lipinski definition) is 24. The Kier molecular flexibility index (Phi) is 29.3. The average molecular weight is 1680 g/mol. The van der Waals surface area contributed by atoms with Crippen molar-refractivity contribution < 1.29 is 56.3 Å². The van der Waals surface area contributed by atoms with E-state index in [2.05, 4.69) is 135 Å². The molecule has 34 heteroatoms. The van der Waals surface area contributed by atoms with Crippen LogP contribution in [0.5, 0.6) is 17.2 Å². The standard InChI is InChI=1S/2C28H32FN7O3.C25H26FN7O2.C3H7BrO/c2*1-3-34-9-11-35(12-10-34)20-6-4-5-19(15-20)32-28-31-17-24(29)27(33-28)36-18-23(26(30)37)22-16-21(7-8-25(22)36)39-14-13-38-2;1-2-31-8-10-32(11-9-31)17-5-3-4-16(12-17)29-25-28-14-21(26)24(30-25)33-15-20(23(27)35)19-13-18(34)6-7-22(19)33;1-5-3-2-4/h2*4-8,15-18H,3,9-14H2,1-2H3,(H2,30,37)(H,31,32,33);3-7,12-15,34H,2,8-11H2,1H3,(H2,27,35)(H,28,29,30);2-3H2,1H3. The summed E-state index contributed by atoms with van der Waals surface area (Å²) in [5.41, 5.74) is 24.6. The summed E-state index contributed by atoms with van der Waals surface area (Å²) in [4.78, 5) is 76.4. The first-order valence-electron chi connectivity index (χ1n) is 38.7. The first-order chi connectivity index (χ1) is 57.3. The van der Waals surface area contributed by atoms with Gasteiger partial charge in [-0.05, 0) is 129 Å². The first kappa shape index (κ1) is 85.2. The van der Waals surface area contributed by atoms with E-state index >= 15 is 8.78 Å². The lowest BCUT2D eigenvalue weighted by molar-refractivity contribution is 0.0993. The summed E-state index contributed by atoms with van der Waals surface area (Å²) in [5.74, 6) is -2.28. The number of nitrogens with one attached hydrogen (secondary N) is 3. The molecular formula is C84H97BrF3N21O9. The number of rotatable bonds is 28. The van der Waals surface area contributed by atoms with Crippen molar-refractivity contribution in [2.24, 2.45) is 17.2 Å². The summed E-state index contributed by atoms with van der Waals surface area (Å²) >= 11 is 3.18. The van der Waals surface area contributed by atoms with Crippen LogP contribution < -0.4 is 57.3 Å². The van der Waals surface area contributed by atoms with Crippen LogP contribution in [0.25, 0.3) is 50.2 Å². The maximum absolute atomic E-state index is 15.0. The van der Waals surface area contributed by atoms with E-state index < -0.39 is 35.2 Å². The molecule has 0 unspecified atom stereocenters. The third-order valence-electron chi connectivity index (χ3n) is 20.3. The van der Waals surface area contributed by atoms with E-state index in [9.17, 15) is 23.9 Å². The fourth-order valence-corrected chi connectivity index (χ4v) is 14.3. The number of aromatic hydroxyl groups is 1. The molecule has 118 heavy (non-hydrogen) atoms. The van der Waals surface area contributed by atoms with Crippen LogP contribution in [-0.2, 0) is 14.2 Å². The number of fused-ring (bicyclic) bond motifs is 3. The quantitative estimate of drug-likeness (QED) is 0.0177. The second kappa shape index (κ2) is 40.6. The highest BCUT2D eigenvalue weighted by molar-refractivity contribution is 9.09. The van der Waals surface area contributed by atoms with Gasteiger partial charge in [0.2, 0.25) is 17.8 Å². The van der Waals surface area contributed by atoms with Crippen LogP contribution in [0, 0.1) is 17.5 Å². The second-order valence-corrected chi connectivity index (χ2v) is 28.4. The molecule has 3 aliphatic heterocycles. The number of aromatic nitrogens is 9. The van der Waals surface area contributed by atoms with Crippen molar-refractivity contribution in [3.8, 4) is 34.7 Å². The molecule has 12 aromatic rings. The maximum atomic E-state index is 15.0. The fourth-order valence-electron chi connectivity index (χ4n) is 14.0. The average Bonchev–Trinajstić information content (AvgIpc) is 1.62. The maximum Gasteiger partial charge on any atom is 0.250 e. The van der Waals surface area contributed by atoms with Gasteiger partial charge in [0.25, 0.3) is 17.7 Å². The number of phenols is 1. The first-order valence-corrected chi connectivity index (χ1v) is 39.8. The van der Waals surface area contributed by atoms with Crippen LogP contribution in [0.15, 0.2) is 165 Å². The van der Waals surface area contributed by atoms with Crippen LogP contribution >= 0.6 is 15.9 Å². The Labute approximate surface area is 689 Å². The number of carbonyl (C=O) groups excluding carboxylic acids is 3. The molecule has 0 saturated carbocycles. The fraction of sp³-hybridized carbons (Fsp3) is 0.321. The van der Waals surface area contributed by atoms with E-state index in [-0.39, 0.29) is 57.7 Å². The highest BCUT2D eigenvalue weighted by atomic mass is 79.9. The molecule has 6 aromatic carbocycles. The minimum Gasteiger partial charge on any atom is -0.508 e. The van der Waals surface area contributed by atoms with E-state index in [1.165, 1.54) is 44.4 Å². The van der Waals surface area contributed by atoms with E-state index in [0.717, 1.165) is 163 Å². The molecular weight excluding hydrogens is 1580 g/mol. The van der Waals surface area contributed by atoms with E-state index in [4.69, 9.17) is 36.1 Å². The molecule has 3 fully saturated rings. The number of carbonyl (C=O) groups is 3. The Hall–Kier alpha value is -12.2. The molecule has 30 nitrogen and oxygen atoms in total. The van der Waals surface area contributed by atoms with Crippen LogP contribution in [0.3, 0.4) is 0 Å². The minimum absolute atomic E-state index is 0.00936. The van der Waals surface area contributed by atoms with Gasteiger partial charge in [-0.1, -0.05) is 54.9 Å². The van der Waals surface area contributed by atoms with Crippen molar-refractivity contribution in [2.75, 3.05) is 189 Å². The number of hydrogen-bond donors (Lipinski definition) is 7. The molecule has 0 spiro atoms. The summed E-state index contributed by atoms with van der Waals surface area (Å²) in [6.07, 6.45) is 7.68. The van der Waals surface area contributed by atoms with Crippen molar-refractivity contribution >= 4 is 118 Å². The van der Waals surface area contributed by atoms with Crippen LogP contribution in [0.4, 0.5) is 65.1 Å². The molecule has 0 atom stereocenters. The summed E-state index contributed by atoms with van der Waals surface area (Å²) in [5, 5.41) is 21.8. The molecule has 9 heterocycles. The largest absolute Gasteiger partial charge is 0.508 e. The van der Waals surface area contributed by atoms with Gasteiger partial charge in [-0.2, -0.15) is 15.0 Å². The summed E-state index contributed by atoms with van der Waals surface area (Å²) in [6.45, 7) is 23.9. The summed E-state index contributed by atoms with van der Waals surface area (Å²) < 4.78 is 75.4. The Morgan fingerprint density at radius 1 is 0.424 bits per heavy atom. The summed E-state index contributed by atoms with van der Waals surface area (Å²) in [7, 11) is 4.85. The number of alkyl halides is 1. The number of piperazine rings is 3. The smallest absolute Gasteiger partial charge is 0.250 e. The minimum atomic E-state index is -0.691. The Morgan fingerprint density at radius 2 is 0.737 bits per heavy atom. The second-order valence-electron chi connectivity index (χ2n) is 27.6. The van der Waals surface area contributed by atoms with E-state index in [1.54, 1.807) is 63.8 Å². The molecule has 3 amide bonds. The van der Waals surface area contributed by atoms with E-state index in [0.29, 0.717) is 70.6 Å². The number of ether oxygens (including phenoxy) is 5. The Morgan fingerprint density at radius 3 is 1.03 bits per heavy atom. The zero-order valence-corrected chi connectivity index (χ0v) is 68.2. The third kappa shape index (κ3) is 21.1. The normalized spacial score (nSPS) is 13.9. The molecule has 0 aliphatic carbocycles. The number of likely N-dealkylation sites (N-methyl/N-ethyl adjacent to an activating group) is 3. The number of nitrogens with two attached hydrogens (primary N) is 3. The zero-order chi connectivity index (χ0) is 83.4. The van der Waals surface area contributed by atoms with Gasteiger partial charge in [0.1, 0.15) is 30.5 Å². The van der Waals surface area contributed by atoms with Gasteiger partial charge in [0.15, 0.2) is 34.9 Å². The molecule has 3 saturated heterocycles. The number of benzene rings is 6. The molecule has 15 rings (SSSR count). The van der Waals surface area contributed by atoms with Crippen molar-refractivity contribution in [1.82, 2.24) is 58.3 Å². The van der Waals surface area contributed by atoms with Gasteiger partial charge in [-0.15, -0.1) is 0 Å². The predicted molar refractivity (Wildman–Crippen MR) is 456 cm³/mol. The van der Waals surface area contributed by atoms with Crippen molar-refractivity contribution in [2.45, 2.75) is 20.8 Å².